The maximum Gasteiger partial charge on any atom is 0.144 e. The van der Waals surface area contributed by atoms with Gasteiger partial charge >= 0.3 is 0 Å². The van der Waals surface area contributed by atoms with Crippen LogP contribution >= 0.6 is 0 Å². The lowest BCUT2D eigenvalue weighted by Gasteiger charge is -2.32. The first kappa shape index (κ1) is 12.0. The van der Waals surface area contributed by atoms with Crippen LogP contribution in [0.5, 0.6) is 5.75 Å². The molecule has 0 spiro atoms. The molecule has 1 aromatic rings. The summed E-state index contributed by atoms with van der Waals surface area (Å²) in [5.41, 5.74) is 8.77. The van der Waals surface area contributed by atoms with Crippen LogP contribution in [0.25, 0.3) is 0 Å². The third kappa shape index (κ3) is 2.47. The maximum absolute atomic E-state index is 9.52. The molecule has 94 valence electrons. The van der Waals surface area contributed by atoms with Gasteiger partial charge in [0.1, 0.15) is 5.75 Å². The highest BCUT2D eigenvalue weighted by molar-refractivity contribution is 5.67. The molecule has 0 radical (unpaired) electrons. The molecule has 2 rings (SSSR count). The van der Waals surface area contributed by atoms with Crippen molar-refractivity contribution >= 4 is 11.4 Å². The minimum absolute atomic E-state index is 0.160. The Balaban J connectivity index is 2.27. The zero-order valence-corrected chi connectivity index (χ0v) is 10.4. The highest BCUT2D eigenvalue weighted by Crippen LogP contribution is 2.34. The van der Waals surface area contributed by atoms with Gasteiger partial charge in [0.05, 0.1) is 18.9 Å². The summed E-state index contributed by atoms with van der Waals surface area (Å²) in [7, 11) is 1.66. The summed E-state index contributed by atoms with van der Waals surface area (Å²) in [5, 5.41) is 9.52. The van der Waals surface area contributed by atoms with Crippen LogP contribution < -0.4 is 15.4 Å². The lowest BCUT2D eigenvalue weighted by atomic mass is 10.1. The number of rotatable bonds is 2. The molecule has 0 aromatic heterocycles. The van der Waals surface area contributed by atoms with Gasteiger partial charge in [-0.1, -0.05) is 0 Å². The van der Waals surface area contributed by atoms with Crippen molar-refractivity contribution in [1.82, 2.24) is 0 Å². The molecule has 1 aliphatic heterocycles. The Hall–Kier alpha value is -1.42. The first-order valence-electron chi connectivity index (χ1n) is 5.99. The molecule has 4 heteroatoms. The predicted molar refractivity (Wildman–Crippen MR) is 69.6 cm³/mol. The molecule has 3 N–H and O–H groups in total. The molecule has 0 unspecified atom stereocenters. The second-order valence-corrected chi connectivity index (χ2v) is 4.60. The zero-order valence-electron chi connectivity index (χ0n) is 10.4. The third-order valence-corrected chi connectivity index (χ3v) is 3.37. The fraction of sp³-hybridized carbons (Fsp3) is 0.538. The molecular formula is C13H20N2O2. The number of aliphatic hydroxyl groups is 1. The smallest absolute Gasteiger partial charge is 0.144 e. The van der Waals surface area contributed by atoms with Crippen molar-refractivity contribution in [3.63, 3.8) is 0 Å². The second kappa shape index (κ2) is 4.84. The van der Waals surface area contributed by atoms with E-state index in [9.17, 15) is 5.11 Å². The normalized spacial score (nSPS) is 17.2. The molecule has 0 saturated carbocycles. The van der Waals surface area contributed by atoms with Crippen molar-refractivity contribution < 1.29 is 9.84 Å². The number of hydrogen-bond donors (Lipinski definition) is 2. The van der Waals surface area contributed by atoms with E-state index in [1.54, 1.807) is 7.11 Å². The Morgan fingerprint density at radius 2 is 2.00 bits per heavy atom. The van der Waals surface area contributed by atoms with Crippen LogP contribution in [0.2, 0.25) is 0 Å². The number of nitrogen functional groups attached to an aromatic ring is 1. The molecule has 1 aliphatic rings. The van der Waals surface area contributed by atoms with E-state index in [0.717, 1.165) is 48.6 Å². The summed E-state index contributed by atoms with van der Waals surface area (Å²) in [6.07, 6.45) is 1.46. The number of piperidine rings is 1. The van der Waals surface area contributed by atoms with Crippen LogP contribution in [-0.2, 0) is 0 Å². The largest absolute Gasteiger partial charge is 0.495 e. The lowest BCUT2D eigenvalue weighted by Crippen LogP contribution is -2.36. The topological polar surface area (TPSA) is 58.7 Å². The third-order valence-electron chi connectivity index (χ3n) is 3.37. The second-order valence-electron chi connectivity index (χ2n) is 4.60. The summed E-state index contributed by atoms with van der Waals surface area (Å²) in [6.45, 7) is 3.72. The van der Waals surface area contributed by atoms with Gasteiger partial charge in [-0.2, -0.15) is 0 Å². The van der Waals surface area contributed by atoms with Gasteiger partial charge in [-0.3, -0.25) is 0 Å². The van der Waals surface area contributed by atoms with Crippen LogP contribution in [0.15, 0.2) is 12.1 Å². The number of ether oxygens (including phenoxy) is 1. The van der Waals surface area contributed by atoms with Crippen molar-refractivity contribution in [2.24, 2.45) is 0 Å². The molecule has 4 nitrogen and oxygen atoms in total. The van der Waals surface area contributed by atoms with Crippen molar-refractivity contribution in [1.29, 1.82) is 0 Å². The molecule has 0 aliphatic carbocycles. The molecule has 1 saturated heterocycles. The van der Waals surface area contributed by atoms with E-state index in [-0.39, 0.29) is 6.10 Å². The number of aryl methyl sites for hydroxylation is 1. The lowest BCUT2D eigenvalue weighted by molar-refractivity contribution is 0.145. The van der Waals surface area contributed by atoms with Crippen LogP contribution in [0.1, 0.15) is 18.4 Å². The number of anilines is 2. The van der Waals surface area contributed by atoms with Crippen molar-refractivity contribution in [2.75, 3.05) is 30.8 Å². The van der Waals surface area contributed by atoms with Gasteiger partial charge in [0.2, 0.25) is 0 Å². The Morgan fingerprint density at radius 1 is 1.35 bits per heavy atom. The van der Waals surface area contributed by atoms with Crippen LogP contribution in [0.4, 0.5) is 11.4 Å². The first-order chi connectivity index (χ1) is 8.11. The van der Waals surface area contributed by atoms with E-state index < -0.39 is 0 Å². The SMILES string of the molecule is COc1cc(N)c(C)cc1N1CCC(O)CC1. The standard InChI is InChI=1S/C13H20N2O2/c1-9-7-12(13(17-2)8-11(9)14)15-5-3-10(16)4-6-15/h7-8,10,16H,3-6,14H2,1-2H3. The maximum atomic E-state index is 9.52. The van der Waals surface area contributed by atoms with Gasteiger partial charge in [0.15, 0.2) is 0 Å². The van der Waals surface area contributed by atoms with E-state index in [4.69, 9.17) is 10.5 Å². The summed E-state index contributed by atoms with van der Waals surface area (Å²) in [5.74, 6) is 0.810. The van der Waals surface area contributed by atoms with Gasteiger partial charge < -0.3 is 20.5 Å². The Bertz CT molecular complexity index is 399. The van der Waals surface area contributed by atoms with Crippen molar-refractivity contribution in [3.05, 3.63) is 17.7 Å². The fourth-order valence-electron chi connectivity index (χ4n) is 2.21. The average molecular weight is 236 g/mol. The van der Waals surface area contributed by atoms with E-state index in [2.05, 4.69) is 11.0 Å². The summed E-state index contributed by atoms with van der Waals surface area (Å²) in [4.78, 5) is 2.25. The predicted octanol–water partition coefficient (Wildman–Crippen LogP) is 1.55. The van der Waals surface area contributed by atoms with Crippen molar-refractivity contribution in [3.8, 4) is 5.75 Å². The van der Waals surface area contributed by atoms with E-state index in [0.29, 0.717) is 0 Å². The number of benzene rings is 1. The quantitative estimate of drug-likeness (QED) is 0.765. The molecule has 1 heterocycles. The highest BCUT2D eigenvalue weighted by Gasteiger charge is 2.20. The summed E-state index contributed by atoms with van der Waals surface area (Å²) < 4.78 is 5.38. The molecular weight excluding hydrogens is 216 g/mol. The Labute approximate surface area is 102 Å². The van der Waals surface area contributed by atoms with Crippen molar-refractivity contribution in [2.45, 2.75) is 25.9 Å². The van der Waals surface area contributed by atoms with E-state index in [1.165, 1.54) is 0 Å². The molecule has 1 aromatic carbocycles. The minimum atomic E-state index is -0.160. The van der Waals surface area contributed by atoms with E-state index in [1.807, 2.05) is 13.0 Å². The zero-order chi connectivity index (χ0) is 12.4. The Kier molecular flexibility index (Phi) is 3.43. The van der Waals surface area contributed by atoms with Gasteiger partial charge in [-0.15, -0.1) is 0 Å². The molecule has 0 amide bonds. The van der Waals surface area contributed by atoms with Crippen LogP contribution in [0.3, 0.4) is 0 Å². The van der Waals surface area contributed by atoms with E-state index >= 15 is 0 Å². The average Bonchev–Trinajstić information content (AvgIpc) is 2.33. The van der Waals surface area contributed by atoms with Gasteiger partial charge in [-0.25, -0.2) is 0 Å². The number of aliphatic hydroxyl groups excluding tert-OH is 1. The molecule has 1 fully saturated rings. The molecule has 0 atom stereocenters. The van der Waals surface area contributed by atoms with Crippen LogP contribution in [-0.4, -0.2) is 31.4 Å². The number of nitrogens with two attached hydrogens (primary N) is 1. The number of hydrogen-bond acceptors (Lipinski definition) is 4. The monoisotopic (exact) mass is 236 g/mol. The van der Waals surface area contributed by atoms with Gasteiger partial charge in [-0.05, 0) is 31.4 Å². The van der Waals surface area contributed by atoms with Gasteiger partial charge in [0, 0.05) is 24.8 Å². The Morgan fingerprint density at radius 3 is 2.59 bits per heavy atom. The molecule has 17 heavy (non-hydrogen) atoms. The fourth-order valence-corrected chi connectivity index (χ4v) is 2.21. The summed E-state index contributed by atoms with van der Waals surface area (Å²) in [6, 6.07) is 3.93. The number of methoxy groups -OCH3 is 1. The summed E-state index contributed by atoms with van der Waals surface area (Å²) >= 11 is 0. The minimum Gasteiger partial charge on any atom is -0.495 e. The number of nitrogens with zero attached hydrogens (tertiary/aromatic N) is 1. The van der Waals surface area contributed by atoms with Gasteiger partial charge in [0.25, 0.3) is 0 Å². The van der Waals surface area contributed by atoms with Crippen LogP contribution in [0, 0.1) is 6.92 Å². The first-order valence-corrected chi connectivity index (χ1v) is 5.99. The molecule has 0 bridgehead atoms. The highest BCUT2D eigenvalue weighted by atomic mass is 16.5.